The van der Waals surface area contributed by atoms with Crippen LogP contribution in [0.15, 0.2) is 46.9 Å². The van der Waals surface area contributed by atoms with E-state index in [2.05, 4.69) is 22.9 Å². The van der Waals surface area contributed by atoms with Crippen LogP contribution in [-0.4, -0.2) is 11.7 Å². The Balaban J connectivity index is 2.14. The largest absolute Gasteiger partial charge is 0.493 e. The van der Waals surface area contributed by atoms with Gasteiger partial charge in [0.2, 0.25) is 0 Å². The maximum absolute atomic E-state index is 14.1. The van der Waals surface area contributed by atoms with Crippen molar-refractivity contribution in [2.24, 2.45) is 0 Å². The number of aliphatic hydroxyl groups is 1. The van der Waals surface area contributed by atoms with Crippen LogP contribution in [0.3, 0.4) is 0 Å². The molecule has 21 heavy (non-hydrogen) atoms. The third kappa shape index (κ3) is 4.29. The molecule has 0 saturated heterocycles. The summed E-state index contributed by atoms with van der Waals surface area (Å²) in [7, 11) is 0. The van der Waals surface area contributed by atoms with E-state index in [1.807, 2.05) is 12.1 Å². The van der Waals surface area contributed by atoms with E-state index in [0.717, 1.165) is 17.3 Å². The summed E-state index contributed by atoms with van der Waals surface area (Å²) in [4.78, 5) is 0. The summed E-state index contributed by atoms with van der Waals surface area (Å²) in [5, 5.41) is 10.3. The summed E-state index contributed by atoms with van der Waals surface area (Å²) in [6, 6.07) is 11.8. The van der Waals surface area contributed by atoms with Crippen molar-refractivity contribution >= 4 is 15.9 Å². The molecule has 1 N–H and O–H groups in total. The normalized spacial score (nSPS) is 12.2. The van der Waals surface area contributed by atoms with Crippen LogP contribution in [0, 0.1) is 5.82 Å². The Kier molecular flexibility index (Phi) is 5.76. The highest BCUT2D eigenvalue weighted by molar-refractivity contribution is 9.10. The van der Waals surface area contributed by atoms with Crippen molar-refractivity contribution in [3.8, 4) is 5.75 Å². The van der Waals surface area contributed by atoms with E-state index in [0.29, 0.717) is 17.9 Å². The van der Waals surface area contributed by atoms with Crippen LogP contribution in [0.4, 0.5) is 4.39 Å². The first-order chi connectivity index (χ1) is 10.1. The fourth-order valence-corrected chi connectivity index (χ4v) is 2.24. The van der Waals surface area contributed by atoms with Crippen LogP contribution in [0.2, 0.25) is 0 Å². The van der Waals surface area contributed by atoms with Crippen molar-refractivity contribution < 1.29 is 14.2 Å². The summed E-state index contributed by atoms with van der Waals surface area (Å²) >= 11 is 3.33. The minimum absolute atomic E-state index is 0.250. The van der Waals surface area contributed by atoms with Gasteiger partial charge in [-0.1, -0.05) is 41.4 Å². The van der Waals surface area contributed by atoms with Crippen LogP contribution >= 0.6 is 15.9 Å². The number of rotatable bonds is 6. The Bertz CT molecular complexity index is 584. The van der Waals surface area contributed by atoms with E-state index < -0.39 is 11.9 Å². The van der Waals surface area contributed by atoms with Gasteiger partial charge in [-0.3, -0.25) is 0 Å². The zero-order valence-electron chi connectivity index (χ0n) is 11.9. The lowest BCUT2D eigenvalue weighted by atomic mass is 10.0. The summed E-state index contributed by atoms with van der Waals surface area (Å²) < 4.78 is 20.5. The lowest BCUT2D eigenvalue weighted by molar-refractivity contribution is 0.214. The second-order valence-electron chi connectivity index (χ2n) is 4.84. The summed E-state index contributed by atoms with van der Waals surface area (Å²) in [5.41, 5.74) is 0.900. The predicted molar refractivity (Wildman–Crippen MR) is 85.0 cm³/mol. The minimum atomic E-state index is -0.984. The molecule has 4 heteroatoms. The number of ether oxygens (including phenoxy) is 1. The van der Waals surface area contributed by atoms with Crippen molar-refractivity contribution in [2.75, 3.05) is 6.61 Å². The van der Waals surface area contributed by atoms with Gasteiger partial charge in [0.05, 0.1) is 6.61 Å². The average molecular weight is 353 g/mol. The van der Waals surface area contributed by atoms with Crippen LogP contribution in [0.1, 0.15) is 37.0 Å². The molecule has 0 saturated carbocycles. The topological polar surface area (TPSA) is 29.5 Å². The predicted octanol–water partition coefficient (Wildman–Crippen LogP) is 4.85. The zero-order valence-corrected chi connectivity index (χ0v) is 13.4. The SMILES string of the molecule is CCCCOc1ccc(C(O)c2ccc(Br)cc2)c(F)c1. The number of hydrogen-bond donors (Lipinski definition) is 1. The van der Waals surface area contributed by atoms with Crippen molar-refractivity contribution in [2.45, 2.75) is 25.9 Å². The molecule has 0 amide bonds. The van der Waals surface area contributed by atoms with E-state index in [1.54, 1.807) is 24.3 Å². The van der Waals surface area contributed by atoms with Crippen LogP contribution in [-0.2, 0) is 0 Å². The van der Waals surface area contributed by atoms with E-state index in [1.165, 1.54) is 6.07 Å². The van der Waals surface area contributed by atoms with Gasteiger partial charge in [-0.25, -0.2) is 4.39 Å². The molecule has 0 aliphatic heterocycles. The molecule has 0 radical (unpaired) electrons. The molecule has 0 aromatic heterocycles. The molecule has 2 aromatic carbocycles. The maximum Gasteiger partial charge on any atom is 0.133 e. The van der Waals surface area contributed by atoms with Crippen molar-refractivity contribution in [3.63, 3.8) is 0 Å². The number of unbranched alkanes of at least 4 members (excludes halogenated alkanes) is 1. The van der Waals surface area contributed by atoms with Crippen LogP contribution in [0.25, 0.3) is 0 Å². The number of benzene rings is 2. The van der Waals surface area contributed by atoms with Gasteiger partial charge in [-0.2, -0.15) is 0 Å². The highest BCUT2D eigenvalue weighted by atomic mass is 79.9. The molecule has 112 valence electrons. The van der Waals surface area contributed by atoms with Gasteiger partial charge >= 0.3 is 0 Å². The Hall–Kier alpha value is -1.39. The van der Waals surface area contributed by atoms with Crippen LogP contribution < -0.4 is 4.74 Å². The zero-order chi connectivity index (χ0) is 15.2. The Morgan fingerprint density at radius 1 is 1.19 bits per heavy atom. The fourth-order valence-electron chi connectivity index (χ4n) is 1.98. The Labute approximate surface area is 132 Å². The molecule has 1 unspecified atom stereocenters. The monoisotopic (exact) mass is 352 g/mol. The first kappa shape index (κ1) is 16.0. The molecule has 2 rings (SSSR count). The van der Waals surface area contributed by atoms with Gasteiger partial charge < -0.3 is 9.84 Å². The lowest BCUT2D eigenvalue weighted by Crippen LogP contribution is -2.04. The second-order valence-corrected chi connectivity index (χ2v) is 5.76. The molecular weight excluding hydrogens is 335 g/mol. The van der Waals surface area contributed by atoms with E-state index in [-0.39, 0.29) is 5.56 Å². The summed E-state index contributed by atoms with van der Waals surface area (Å²) in [6.07, 6.45) is 0.982. The molecule has 2 aromatic rings. The molecule has 0 aliphatic carbocycles. The first-order valence-corrected chi connectivity index (χ1v) is 7.77. The molecule has 0 aliphatic rings. The highest BCUT2D eigenvalue weighted by Crippen LogP contribution is 2.27. The summed E-state index contributed by atoms with van der Waals surface area (Å²) in [6.45, 7) is 2.65. The number of halogens is 2. The molecule has 0 fully saturated rings. The molecule has 2 nitrogen and oxygen atoms in total. The Morgan fingerprint density at radius 3 is 2.52 bits per heavy atom. The van der Waals surface area contributed by atoms with Crippen molar-refractivity contribution in [1.82, 2.24) is 0 Å². The van der Waals surface area contributed by atoms with Gasteiger partial charge in [0.1, 0.15) is 17.7 Å². The van der Waals surface area contributed by atoms with Gasteiger partial charge in [0, 0.05) is 16.1 Å². The summed E-state index contributed by atoms with van der Waals surface area (Å²) in [5.74, 6) is 0.0344. The quantitative estimate of drug-likeness (QED) is 0.753. The minimum Gasteiger partial charge on any atom is -0.493 e. The van der Waals surface area contributed by atoms with E-state index in [9.17, 15) is 9.50 Å². The maximum atomic E-state index is 14.1. The standard InChI is InChI=1S/C17H18BrFO2/c1-2-3-10-21-14-8-9-15(16(19)11-14)17(20)12-4-6-13(18)7-5-12/h4-9,11,17,20H,2-3,10H2,1H3. The van der Waals surface area contributed by atoms with Crippen molar-refractivity contribution in [1.29, 1.82) is 0 Å². The number of hydrogen-bond acceptors (Lipinski definition) is 2. The Morgan fingerprint density at radius 2 is 1.90 bits per heavy atom. The lowest BCUT2D eigenvalue weighted by Gasteiger charge is -2.14. The molecular formula is C17H18BrFO2. The second kappa shape index (κ2) is 7.57. The van der Waals surface area contributed by atoms with Gasteiger partial charge in [-0.05, 0) is 36.2 Å². The fraction of sp³-hybridized carbons (Fsp3) is 0.294. The smallest absolute Gasteiger partial charge is 0.133 e. The highest BCUT2D eigenvalue weighted by Gasteiger charge is 2.15. The first-order valence-electron chi connectivity index (χ1n) is 6.97. The molecule has 0 bridgehead atoms. The molecule has 1 atom stereocenters. The molecule has 0 spiro atoms. The third-order valence-electron chi connectivity index (χ3n) is 3.22. The van der Waals surface area contributed by atoms with E-state index in [4.69, 9.17) is 4.74 Å². The van der Waals surface area contributed by atoms with Gasteiger partial charge in [0.25, 0.3) is 0 Å². The average Bonchev–Trinajstić information content (AvgIpc) is 2.48. The third-order valence-corrected chi connectivity index (χ3v) is 3.75. The van der Waals surface area contributed by atoms with Gasteiger partial charge in [0.15, 0.2) is 0 Å². The number of aliphatic hydroxyl groups excluding tert-OH is 1. The molecule has 0 heterocycles. The van der Waals surface area contributed by atoms with Gasteiger partial charge in [-0.15, -0.1) is 0 Å². The van der Waals surface area contributed by atoms with E-state index >= 15 is 0 Å². The van der Waals surface area contributed by atoms with Crippen LogP contribution in [0.5, 0.6) is 5.75 Å². The van der Waals surface area contributed by atoms with Crippen molar-refractivity contribution in [3.05, 3.63) is 63.9 Å².